The van der Waals surface area contributed by atoms with Crippen LogP contribution < -0.4 is 15.4 Å². The van der Waals surface area contributed by atoms with Gasteiger partial charge in [-0.3, -0.25) is 4.99 Å². The maximum atomic E-state index is 13.3. The van der Waals surface area contributed by atoms with E-state index < -0.39 is 9.84 Å². The van der Waals surface area contributed by atoms with Gasteiger partial charge in [0.2, 0.25) is 0 Å². The lowest BCUT2D eigenvalue weighted by Crippen LogP contribution is -2.43. The number of ether oxygens (including phenoxy) is 1. The highest BCUT2D eigenvalue weighted by Gasteiger charge is 2.10. The molecule has 2 aromatic rings. The van der Waals surface area contributed by atoms with Gasteiger partial charge in [0.1, 0.15) is 17.7 Å². The van der Waals surface area contributed by atoms with E-state index in [4.69, 9.17) is 4.74 Å². The first-order valence-corrected chi connectivity index (χ1v) is 11.4. The van der Waals surface area contributed by atoms with Gasteiger partial charge in [-0.2, -0.15) is 0 Å². The standard InChI is InChI=1S/C21H28FN3O3S.HI/c1-4-18(28-19-7-5-6-17(22)14-19)15-25-21(23-2)24-13-12-16-8-10-20(11-9-16)29(3,26)27;/h5-11,14,18H,4,12-13,15H2,1-3H3,(H2,23,24,25);1H. The largest absolute Gasteiger partial charge is 0.489 e. The number of aliphatic imine (C=N–C) groups is 1. The summed E-state index contributed by atoms with van der Waals surface area (Å²) in [6.07, 6.45) is 2.55. The summed E-state index contributed by atoms with van der Waals surface area (Å²) in [6.45, 7) is 3.16. The molecule has 2 aromatic carbocycles. The molecule has 0 aliphatic carbocycles. The summed E-state index contributed by atoms with van der Waals surface area (Å²) < 4.78 is 42.1. The average Bonchev–Trinajstić information content (AvgIpc) is 2.69. The molecule has 0 aromatic heterocycles. The lowest BCUT2D eigenvalue weighted by molar-refractivity contribution is 0.199. The predicted octanol–water partition coefficient (Wildman–Crippen LogP) is 3.41. The Balaban J connectivity index is 0.00000450. The number of halogens is 2. The van der Waals surface area contributed by atoms with Crippen molar-refractivity contribution in [3.05, 3.63) is 59.9 Å². The molecule has 6 nitrogen and oxygen atoms in total. The van der Waals surface area contributed by atoms with Crippen molar-refractivity contribution in [2.24, 2.45) is 4.99 Å². The van der Waals surface area contributed by atoms with Crippen LogP contribution in [0.5, 0.6) is 5.75 Å². The van der Waals surface area contributed by atoms with Gasteiger partial charge in [-0.1, -0.05) is 25.1 Å². The van der Waals surface area contributed by atoms with E-state index in [0.29, 0.717) is 29.7 Å². The fraction of sp³-hybridized carbons (Fsp3) is 0.381. The van der Waals surface area contributed by atoms with Gasteiger partial charge in [-0.25, -0.2) is 12.8 Å². The maximum Gasteiger partial charge on any atom is 0.191 e. The minimum Gasteiger partial charge on any atom is -0.489 e. The van der Waals surface area contributed by atoms with Gasteiger partial charge in [-0.15, -0.1) is 24.0 Å². The summed E-state index contributed by atoms with van der Waals surface area (Å²) in [5.41, 5.74) is 1.03. The van der Waals surface area contributed by atoms with Crippen molar-refractivity contribution in [2.75, 3.05) is 26.4 Å². The van der Waals surface area contributed by atoms with Gasteiger partial charge < -0.3 is 15.4 Å². The number of benzene rings is 2. The number of rotatable bonds is 9. The smallest absolute Gasteiger partial charge is 0.191 e. The quantitative estimate of drug-likeness (QED) is 0.285. The van der Waals surface area contributed by atoms with Crippen LogP contribution in [0.1, 0.15) is 18.9 Å². The van der Waals surface area contributed by atoms with E-state index >= 15 is 0 Å². The van der Waals surface area contributed by atoms with Crippen LogP contribution in [-0.4, -0.2) is 46.9 Å². The molecule has 9 heteroatoms. The molecule has 1 atom stereocenters. The maximum absolute atomic E-state index is 13.3. The molecule has 0 spiro atoms. The minimum absolute atomic E-state index is 0. The molecule has 0 heterocycles. The molecule has 0 saturated heterocycles. The normalized spacial score (nSPS) is 12.6. The number of sulfone groups is 1. The van der Waals surface area contributed by atoms with Gasteiger partial charge in [0.15, 0.2) is 15.8 Å². The Hall–Kier alpha value is -1.88. The highest BCUT2D eigenvalue weighted by Crippen LogP contribution is 2.14. The van der Waals surface area contributed by atoms with Crippen molar-refractivity contribution in [3.8, 4) is 5.75 Å². The third-order valence-electron chi connectivity index (χ3n) is 4.33. The summed E-state index contributed by atoms with van der Waals surface area (Å²) in [7, 11) is -1.49. The Bertz CT molecular complexity index is 921. The molecule has 0 amide bonds. The van der Waals surface area contributed by atoms with E-state index in [-0.39, 0.29) is 35.9 Å². The highest BCUT2D eigenvalue weighted by atomic mass is 127. The van der Waals surface area contributed by atoms with Crippen molar-refractivity contribution < 1.29 is 17.5 Å². The lowest BCUT2D eigenvalue weighted by Gasteiger charge is -2.20. The number of guanidine groups is 1. The third kappa shape index (κ3) is 8.86. The first kappa shape index (κ1) is 26.2. The van der Waals surface area contributed by atoms with Crippen LogP contribution in [0.4, 0.5) is 4.39 Å². The molecular formula is C21H29FIN3O3S. The summed E-state index contributed by atoms with van der Waals surface area (Å²) in [6, 6.07) is 13.0. The Morgan fingerprint density at radius 1 is 1.17 bits per heavy atom. The molecule has 0 bridgehead atoms. The summed E-state index contributed by atoms with van der Waals surface area (Å²) >= 11 is 0. The van der Waals surface area contributed by atoms with Crippen LogP contribution in [0.3, 0.4) is 0 Å². The molecule has 2 N–H and O–H groups in total. The number of hydrogen-bond donors (Lipinski definition) is 2. The van der Waals surface area contributed by atoms with Crippen LogP contribution in [0, 0.1) is 5.82 Å². The van der Waals surface area contributed by atoms with Crippen molar-refractivity contribution in [1.29, 1.82) is 0 Å². The second-order valence-corrected chi connectivity index (χ2v) is 8.67. The van der Waals surface area contributed by atoms with Crippen LogP contribution >= 0.6 is 24.0 Å². The summed E-state index contributed by atoms with van der Waals surface area (Å²) in [4.78, 5) is 4.51. The van der Waals surface area contributed by atoms with E-state index in [1.54, 1.807) is 31.3 Å². The number of nitrogens with zero attached hydrogens (tertiary/aromatic N) is 1. The molecule has 2 rings (SSSR count). The van der Waals surface area contributed by atoms with E-state index in [1.165, 1.54) is 18.4 Å². The zero-order valence-electron chi connectivity index (χ0n) is 17.4. The Morgan fingerprint density at radius 3 is 2.43 bits per heavy atom. The monoisotopic (exact) mass is 549 g/mol. The second-order valence-electron chi connectivity index (χ2n) is 6.65. The van der Waals surface area contributed by atoms with E-state index in [0.717, 1.165) is 18.4 Å². The molecule has 1 unspecified atom stereocenters. The average molecular weight is 549 g/mol. The summed E-state index contributed by atoms with van der Waals surface area (Å²) in [5.74, 6) is 0.811. The molecule has 0 saturated carbocycles. The number of nitrogens with one attached hydrogen (secondary N) is 2. The first-order chi connectivity index (χ1) is 13.8. The van der Waals surface area contributed by atoms with Gasteiger partial charge in [0.25, 0.3) is 0 Å². The van der Waals surface area contributed by atoms with Gasteiger partial charge in [-0.05, 0) is 42.7 Å². The zero-order valence-corrected chi connectivity index (χ0v) is 20.5. The van der Waals surface area contributed by atoms with Crippen molar-refractivity contribution in [2.45, 2.75) is 30.8 Å². The molecule has 0 fully saturated rings. The third-order valence-corrected chi connectivity index (χ3v) is 5.46. The van der Waals surface area contributed by atoms with Crippen molar-refractivity contribution in [1.82, 2.24) is 10.6 Å². The van der Waals surface area contributed by atoms with Gasteiger partial charge in [0, 0.05) is 25.9 Å². The Kier molecular flexibility index (Phi) is 11.1. The van der Waals surface area contributed by atoms with Crippen molar-refractivity contribution in [3.63, 3.8) is 0 Å². The van der Waals surface area contributed by atoms with E-state index in [9.17, 15) is 12.8 Å². The van der Waals surface area contributed by atoms with Gasteiger partial charge in [0.05, 0.1) is 11.4 Å². The first-order valence-electron chi connectivity index (χ1n) is 9.47. The topological polar surface area (TPSA) is 79.8 Å². The SMILES string of the molecule is CCC(CNC(=NC)NCCc1ccc(S(C)(=O)=O)cc1)Oc1cccc(F)c1.I. The molecule has 30 heavy (non-hydrogen) atoms. The molecular weight excluding hydrogens is 520 g/mol. The lowest BCUT2D eigenvalue weighted by atomic mass is 10.1. The fourth-order valence-corrected chi connectivity index (χ4v) is 3.29. The highest BCUT2D eigenvalue weighted by molar-refractivity contribution is 14.0. The Morgan fingerprint density at radius 2 is 1.87 bits per heavy atom. The van der Waals surface area contributed by atoms with E-state index in [2.05, 4.69) is 15.6 Å². The minimum atomic E-state index is -3.18. The molecule has 0 radical (unpaired) electrons. The van der Waals surface area contributed by atoms with Crippen molar-refractivity contribution >= 4 is 39.8 Å². The fourth-order valence-electron chi connectivity index (χ4n) is 2.66. The second kappa shape index (κ2) is 12.7. The predicted molar refractivity (Wildman–Crippen MR) is 129 cm³/mol. The molecule has 166 valence electrons. The number of hydrogen-bond acceptors (Lipinski definition) is 4. The van der Waals surface area contributed by atoms with Gasteiger partial charge >= 0.3 is 0 Å². The van der Waals surface area contributed by atoms with Crippen LogP contribution in [0.15, 0.2) is 58.4 Å². The summed E-state index contributed by atoms with van der Waals surface area (Å²) in [5, 5.41) is 6.43. The van der Waals surface area contributed by atoms with Crippen LogP contribution in [0.2, 0.25) is 0 Å². The molecule has 0 aliphatic rings. The zero-order chi connectivity index (χ0) is 21.3. The Labute approximate surface area is 195 Å². The van der Waals surface area contributed by atoms with E-state index in [1.807, 2.05) is 19.1 Å². The van der Waals surface area contributed by atoms with Crippen LogP contribution in [-0.2, 0) is 16.3 Å². The van der Waals surface area contributed by atoms with Crippen LogP contribution in [0.25, 0.3) is 0 Å². The molecule has 0 aliphatic heterocycles.